The van der Waals surface area contributed by atoms with Gasteiger partial charge in [0, 0.05) is 37.6 Å². The van der Waals surface area contributed by atoms with Gasteiger partial charge in [0.15, 0.2) is 0 Å². The van der Waals surface area contributed by atoms with Crippen LogP contribution < -0.4 is 0 Å². The highest BCUT2D eigenvalue weighted by atomic mass is 16.5. The van der Waals surface area contributed by atoms with Crippen LogP contribution in [0.3, 0.4) is 0 Å². The van der Waals surface area contributed by atoms with Crippen LogP contribution in [0.15, 0.2) is 43.0 Å². The number of carbonyl (C=O) groups excluding carboxylic acids is 1. The Labute approximate surface area is 179 Å². The standard InChI is InChI=1S/C23H21N5O3/c1-15-18(3-4-19-20(15)13-31-23(19)29)21-12-27(6-7-30-21)10-17-11-28(14-26-17)22-5-2-16(8-24)9-25-22/h2-5,9,11,14,21H,6-7,10,12-13H2,1H3/t21-/m0/s1. The minimum Gasteiger partial charge on any atom is -0.457 e. The van der Waals surface area contributed by atoms with Crippen molar-refractivity contribution in [3.05, 3.63) is 76.5 Å². The smallest absolute Gasteiger partial charge is 0.338 e. The predicted octanol–water partition coefficient (Wildman–Crippen LogP) is 2.69. The molecule has 1 aromatic carbocycles. The molecular formula is C23H21N5O3. The Morgan fingerprint density at radius 1 is 1.26 bits per heavy atom. The van der Waals surface area contributed by atoms with Crippen molar-refractivity contribution >= 4 is 5.97 Å². The maximum atomic E-state index is 11.8. The molecule has 0 spiro atoms. The lowest BCUT2D eigenvalue weighted by atomic mass is 9.94. The number of fused-ring (bicyclic) bond motifs is 1. The van der Waals surface area contributed by atoms with Crippen LogP contribution in [0.1, 0.15) is 44.4 Å². The van der Waals surface area contributed by atoms with Crippen molar-refractivity contribution in [1.29, 1.82) is 5.26 Å². The number of benzene rings is 1. The van der Waals surface area contributed by atoms with Crippen molar-refractivity contribution in [2.24, 2.45) is 0 Å². The zero-order valence-corrected chi connectivity index (χ0v) is 17.1. The van der Waals surface area contributed by atoms with E-state index in [1.54, 1.807) is 24.7 Å². The topological polar surface area (TPSA) is 93.3 Å². The van der Waals surface area contributed by atoms with Gasteiger partial charge in [-0.3, -0.25) is 9.47 Å². The third kappa shape index (κ3) is 3.69. The van der Waals surface area contributed by atoms with Gasteiger partial charge in [0.2, 0.25) is 0 Å². The molecular weight excluding hydrogens is 394 g/mol. The van der Waals surface area contributed by atoms with Crippen LogP contribution in [0.5, 0.6) is 0 Å². The molecule has 0 radical (unpaired) electrons. The minimum absolute atomic E-state index is 0.0583. The van der Waals surface area contributed by atoms with E-state index >= 15 is 0 Å². The van der Waals surface area contributed by atoms with E-state index in [1.165, 1.54) is 0 Å². The average molecular weight is 415 g/mol. The summed E-state index contributed by atoms with van der Waals surface area (Å²) in [6.45, 7) is 5.28. The SMILES string of the molecule is Cc1c([C@@H]2CN(Cc3cn(-c4ccc(C#N)cn4)cn3)CCO2)ccc2c1COC2=O. The quantitative estimate of drug-likeness (QED) is 0.605. The first-order valence-electron chi connectivity index (χ1n) is 10.1. The van der Waals surface area contributed by atoms with Crippen LogP contribution in [-0.2, 0) is 22.6 Å². The van der Waals surface area contributed by atoms with Crippen LogP contribution in [0, 0.1) is 18.3 Å². The van der Waals surface area contributed by atoms with Gasteiger partial charge in [-0.25, -0.2) is 14.8 Å². The Hall–Kier alpha value is -3.54. The summed E-state index contributed by atoms with van der Waals surface area (Å²) in [5.41, 5.74) is 5.28. The number of esters is 1. The first-order valence-corrected chi connectivity index (χ1v) is 10.1. The number of pyridine rings is 1. The molecule has 5 rings (SSSR count). The second kappa shape index (κ2) is 7.95. The molecule has 0 N–H and O–H groups in total. The molecule has 1 atom stereocenters. The molecule has 0 bridgehead atoms. The van der Waals surface area contributed by atoms with Gasteiger partial charge in [-0.05, 0) is 36.2 Å². The number of rotatable bonds is 4. The number of cyclic esters (lactones) is 1. The lowest BCUT2D eigenvalue weighted by Crippen LogP contribution is -2.38. The highest BCUT2D eigenvalue weighted by Gasteiger charge is 2.29. The molecule has 0 unspecified atom stereocenters. The summed E-state index contributed by atoms with van der Waals surface area (Å²) in [4.78, 5) is 23.0. The average Bonchev–Trinajstić information content (AvgIpc) is 3.42. The molecule has 2 aliphatic rings. The molecule has 8 nitrogen and oxygen atoms in total. The molecule has 1 saturated heterocycles. The van der Waals surface area contributed by atoms with Gasteiger partial charge >= 0.3 is 5.97 Å². The largest absolute Gasteiger partial charge is 0.457 e. The number of morpholine rings is 1. The molecule has 2 aliphatic heterocycles. The first-order chi connectivity index (χ1) is 15.1. The Morgan fingerprint density at radius 3 is 2.97 bits per heavy atom. The lowest BCUT2D eigenvalue weighted by Gasteiger charge is -2.33. The Kier molecular flexibility index (Phi) is 4.98. The van der Waals surface area contributed by atoms with Crippen molar-refractivity contribution in [1.82, 2.24) is 19.4 Å². The number of ether oxygens (including phenoxy) is 2. The van der Waals surface area contributed by atoms with E-state index in [0.717, 1.165) is 41.3 Å². The number of nitrogens with zero attached hydrogens (tertiary/aromatic N) is 5. The number of hydrogen-bond acceptors (Lipinski definition) is 7. The number of aromatic nitrogens is 3. The van der Waals surface area contributed by atoms with E-state index in [4.69, 9.17) is 14.7 Å². The number of nitriles is 1. The fourth-order valence-corrected chi connectivity index (χ4v) is 4.16. The van der Waals surface area contributed by atoms with Crippen LogP contribution >= 0.6 is 0 Å². The van der Waals surface area contributed by atoms with Crippen LogP contribution in [-0.4, -0.2) is 45.1 Å². The van der Waals surface area contributed by atoms with Gasteiger partial charge in [0.05, 0.1) is 29.5 Å². The summed E-state index contributed by atoms with van der Waals surface area (Å²) in [5.74, 6) is 0.478. The summed E-state index contributed by atoms with van der Waals surface area (Å²) >= 11 is 0. The zero-order valence-electron chi connectivity index (χ0n) is 17.1. The van der Waals surface area contributed by atoms with Gasteiger partial charge < -0.3 is 9.47 Å². The van der Waals surface area contributed by atoms with Crippen molar-refractivity contribution in [2.75, 3.05) is 19.7 Å². The number of hydrogen-bond donors (Lipinski definition) is 0. The van der Waals surface area contributed by atoms with E-state index in [0.29, 0.717) is 30.9 Å². The lowest BCUT2D eigenvalue weighted by molar-refractivity contribution is -0.0335. The molecule has 1 fully saturated rings. The third-order valence-corrected chi connectivity index (χ3v) is 5.87. The molecule has 0 aliphatic carbocycles. The van der Waals surface area contributed by atoms with E-state index in [-0.39, 0.29) is 12.1 Å². The second-order valence-electron chi connectivity index (χ2n) is 7.77. The summed E-state index contributed by atoms with van der Waals surface area (Å²) in [6.07, 6.45) is 5.20. The molecule has 0 saturated carbocycles. The maximum absolute atomic E-state index is 11.8. The highest BCUT2D eigenvalue weighted by Crippen LogP contribution is 2.32. The van der Waals surface area contributed by atoms with Crippen molar-refractivity contribution in [3.8, 4) is 11.9 Å². The van der Waals surface area contributed by atoms with Crippen LogP contribution in [0.25, 0.3) is 5.82 Å². The molecule has 31 heavy (non-hydrogen) atoms. The maximum Gasteiger partial charge on any atom is 0.338 e. The summed E-state index contributed by atoms with van der Waals surface area (Å²) < 4.78 is 13.1. The highest BCUT2D eigenvalue weighted by molar-refractivity contribution is 5.93. The third-order valence-electron chi connectivity index (χ3n) is 5.87. The Bertz CT molecular complexity index is 1180. The molecule has 0 amide bonds. The molecule has 3 aromatic rings. The number of carbonyl (C=O) groups is 1. The fourth-order valence-electron chi connectivity index (χ4n) is 4.16. The molecule has 156 valence electrons. The van der Waals surface area contributed by atoms with Crippen molar-refractivity contribution in [2.45, 2.75) is 26.2 Å². The Morgan fingerprint density at radius 2 is 2.16 bits per heavy atom. The summed E-state index contributed by atoms with van der Waals surface area (Å²) in [7, 11) is 0. The number of imidazole rings is 1. The monoisotopic (exact) mass is 415 g/mol. The van der Waals surface area contributed by atoms with Crippen LogP contribution in [0.4, 0.5) is 0 Å². The molecule has 2 aromatic heterocycles. The van der Waals surface area contributed by atoms with E-state index in [2.05, 4.69) is 20.9 Å². The molecule has 8 heteroatoms. The van der Waals surface area contributed by atoms with Gasteiger partial charge in [0.1, 0.15) is 24.8 Å². The van der Waals surface area contributed by atoms with Gasteiger partial charge in [-0.2, -0.15) is 5.26 Å². The van der Waals surface area contributed by atoms with Gasteiger partial charge in [-0.1, -0.05) is 6.07 Å². The van der Waals surface area contributed by atoms with E-state index in [9.17, 15) is 4.79 Å². The van der Waals surface area contributed by atoms with Crippen molar-refractivity contribution in [3.63, 3.8) is 0 Å². The normalized spacial score (nSPS) is 18.5. The first kappa shape index (κ1) is 19.4. The molecule has 4 heterocycles. The minimum atomic E-state index is -0.247. The Balaban J connectivity index is 1.29. The van der Waals surface area contributed by atoms with Gasteiger partial charge in [0.25, 0.3) is 0 Å². The zero-order chi connectivity index (χ0) is 21.4. The second-order valence-corrected chi connectivity index (χ2v) is 7.77. The van der Waals surface area contributed by atoms with Crippen LogP contribution in [0.2, 0.25) is 0 Å². The summed E-state index contributed by atoms with van der Waals surface area (Å²) in [6, 6.07) is 9.46. The predicted molar refractivity (Wildman–Crippen MR) is 110 cm³/mol. The van der Waals surface area contributed by atoms with E-state index < -0.39 is 0 Å². The van der Waals surface area contributed by atoms with E-state index in [1.807, 2.05) is 29.8 Å². The van der Waals surface area contributed by atoms with Gasteiger partial charge in [-0.15, -0.1) is 0 Å². The summed E-state index contributed by atoms with van der Waals surface area (Å²) in [5, 5.41) is 8.92. The van der Waals surface area contributed by atoms with Crippen molar-refractivity contribution < 1.29 is 14.3 Å². The fraction of sp³-hybridized carbons (Fsp3) is 0.304.